The zero-order valence-corrected chi connectivity index (χ0v) is 14.1. The lowest BCUT2D eigenvalue weighted by Crippen LogP contribution is -2.42. The topological polar surface area (TPSA) is 74.2 Å². The van der Waals surface area contributed by atoms with Crippen LogP contribution in [0.25, 0.3) is 10.9 Å². The molecular weight excluding hydrogens is 288 g/mol. The van der Waals surface area contributed by atoms with E-state index in [9.17, 15) is 4.79 Å². The Morgan fingerprint density at radius 2 is 2.13 bits per heavy atom. The van der Waals surface area contributed by atoms with Gasteiger partial charge in [-0.05, 0) is 44.5 Å². The van der Waals surface area contributed by atoms with Crippen LogP contribution in [0.1, 0.15) is 24.8 Å². The van der Waals surface area contributed by atoms with Gasteiger partial charge in [-0.1, -0.05) is 24.6 Å². The number of H-pyrrole nitrogens is 1. The van der Waals surface area contributed by atoms with Crippen molar-refractivity contribution >= 4 is 16.8 Å². The van der Waals surface area contributed by atoms with Gasteiger partial charge in [-0.15, -0.1) is 0 Å². The number of hydrogen-bond acceptors (Lipinski definition) is 3. The minimum atomic E-state index is -0.389. The lowest BCUT2D eigenvalue weighted by Gasteiger charge is -2.21. The van der Waals surface area contributed by atoms with Crippen molar-refractivity contribution in [1.82, 2.24) is 15.2 Å². The quantitative estimate of drug-likeness (QED) is 0.619. The van der Waals surface area contributed by atoms with Crippen molar-refractivity contribution < 1.29 is 4.79 Å². The van der Waals surface area contributed by atoms with E-state index in [0.29, 0.717) is 6.54 Å². The van der Waals surface area contributed by atoms with Crippen LogP contribution in [0.2, 0.25) is 0 Å². The Labute approximate surface area is 138 Å². The summed E-state index contributed by atoms with van der Waals surface area (Å²) in [6, 6.07) is 7.84. The fraction of sp³-hybridized carbons (Fsp3) is 0.500. The predicted molar refractivity (Wildman–Crippen MR) is 95.4 cm³/mol. The van der Waals surface area contributed by atoms with E-state index < -0.39 is 0 Å². The van der Waals surface area contributed by atoms with Crippen LogP contribution < -0.4 is 11.1 Å². The number of nitrogens with one attached hydrogen (secondary N) is 2. The van der Waals surface area contributed by atoms with Crippen LogP contribution in [0.3, 0.4) is 0 Å². The first-order valence-electron chi connectivity index (χ1n) is 8.33. The summed E-state index contributed by atoms with van der Waals surface area (Å²) < 4.78 is 0. The van der Waals surface area contributed by atoms with Crippen LogP contribution in [0.5, 0.6) is 0 Å². The standard InChI is InChI=1S/C18H28N4O/c1-20-11-6-5-8-16(19)18(23)22(2)12-10-14-13-21-17-9-4-3-7-15(14)17/h3-4,7,9,13,16,20-21H,5-6,8,10-12,19H2,1-2H3. The summed E-state index contributed by atoms with van der Waals surface area (Å²) in [4.78, 5) is 17.3. The molecule has 23 heavy (non-hydrogen) atoms. The number of benzene rings is 1. The number of carbonyl (C=O) groups excluding carboxylic acids is 1. The van der Waals surface area contributed by atoms with E-state index >= 15 is 0 Å². The van der Waals surface area contributed by atoms with Crippen LogP contribution in [0, 0.1) is 0 Å². The van der Waals surface area contributed by atoms with Gasteiger partial charge in [0.2, 0.25) is 5.91 Å². The van der Waals surface area contributed by atoms with Gasteiger partial charge in [-0.3, -0.25) is 4.79 Å². The third-order valence-corrected chi connectivity index (χ3v) is 4.28. The van der Waals surface area contributed by atoms with Gasteiger partial charge in [0, 0.05) is 30.7 Å². The Balaban J connectivity index is 1.81. The molecule has 4 N–H and O–H groups in total. The molecular formula is C18H28N4O. The molecule has 1 aromatic carbocycles. The molecule has 0 saturated heterocycles. The monoisotopic (exact) mass is 316 g/mol. The number of rotatable bonds is 9. The van der Waals surface area contributed by atoms with E-state index in [0.717, 1.165) is 37.7 Å². The molecule has 0 aliphatic rings. The van der Waals surface area contributed by atoms with E-state index in [1.807, 2.05) is 32.4 Å². The fourth-order valence-corrected chi connectivity index (χ4v) is 2.81. The minimum absolute atomic E-state index is 0.0364. The highest BCUT2D eigenvalue weighted by Gasteiger charge is 2.17. The van der Waals surface area contributed by atoms with E-state index in [2.05, 4.69) is 22.4 Å². The average Bonchev–Trinajstić information content (AvgIpc) is 2.99. The van der Waals surface area contributed by atoms with Crippen molar-refractivity contribution in [3.8, 4) is 0 Å². The minimum Gasteiger partial charge on any atom is -0.361 e. The second kappa shape index (κ2) is 8.70. The number of unbranched alkanes of at least 4 members (excludes halogenated alkanes) is 1. The van der Waals surface area contributed by atoms with Gasteiger partial charge < -0.3 is 20.9 Å². The molecule has 1 amide bonds. The number of para-hydroxylation sites is 1. The van der Waals surface area contributed by atoms with E-state index in [1.165, 1.54) is 10.9 Å². The van der Waals surface area contributed by atoms with Gasteiger partial charge in [0.1, 0.15) is 0 Å². The predicted octanol–water partition coefficient (Wildman–Crippen LogP) is 1.89. The van der Waals surface area contributed by atoms with Crippen LogP contribution in [0.15, 0.2) is 30.5 Å². The fourth-order valence-electron chi connectivity index (χ4n) is 2.81. The molecule has 1 heterocycles. The van der Waals surface area contributed by atoms with Crippen molar-refractivity contribution in [1.29, 1.82) is 0 Å². The molecule has 2 aromatic rings. The summed E-state index contributed by atoms with van der Waals surface area (Å²) in [5.41, 5.74) is 8.40. The Hall–Kier alpha value is -1.85. The first-order chi connectivity index (χ1) is 11.1. The Bertz CT molecular complexity index is 622. The number of likely N-dealkylation sites (N-methyl/N-ethyl adjacent to an activating group) is 1. The van der Waals surface area contributed by atoms with Crippen molar-refractivity contribution in [3.05, 3.63) is 36.0 Å². The molecule has 5 heteroatoms. The van der Waals surface area contributed by atoms with Crippen molar-refractivity contribution in [2.24, 2.45) is 5.73 Å². The first kappa shape index (κ1) is 17.5. The van der Waals surface area contributed by atoms with Crippen LogP contribution in [-0.4, -0.2) is 49.0 Å². The molecule has 0 bridgehead atoms. The number of nitrogens with two attached hydrogens (primary N) is 1. The van der Waals surface area contributed by atoms with Gasteiger partial charge in [0.15, 0.2) is 0 Å². The van der Waals surface area contributed by atoms with Crippen molar-refractivity contribution in [2.75, 3.05) is 27.2 Å². The summed E-state index contributed by atoms with van der Waals surface area (Å²) in [5, 5.41) is 4.33. The molecule has 126 valence electrons. The van der Waals surface area contributed by atoms with Gasteiger partial charge in [0.05, 0.1) is 6.04 Å². The normalized spacial score (nSPS) is 12.5. The Morgan fingerprint density at radius 3 is 2.91 bits per heavy atom. The Kier molecular flexibility index (Phi) is 6.62. The third kappa shape index (κ3) is 4.81. The molecule has 0 fully saturated rings. The van der Waals surface area contributed by atoms with Crippen LogP contribution in [0.4, 0.5) is 0 Å². The molecule has 0 aliphatic heterocycles. The maximum Gasteiger partial charge on any atom is 0.239 e. The van der Waals surface area contributed by atoms with E-state index in [-0.39, 0.29) is 11.9 Å². The zero-order chi connectivity index (χ0) is 16.7. The number of amides is 1. The number of carbonyl (C=O) groups is 1. The van der Waals surface area contributed by atoms with Crippen LogP contribution in [-0.2, 0) is 11.2 Å². The second-order valence-electron chi connectivity index (χ2n) is 6.08. The summed E-state index contributed by atoms with van der Waals surface area (Å²) in [6.07, 6.45) is 5.64. The maximum absolute atomic E-state index is 12.3. The maximum atomic E-state index is 12.3. The summed E-state index contributed by atoms with van der Waals surface area (Å²) in [5.74, 6) is 0.0364. The highest BCUT2D eigenvalue weighted by Crippen LogP contribution is 2.18. The average molecular weight is 316 g/mol. The van der Waals surface area contributed by atoms with Crippen molar-refractivity contribution in [3.63, 3.8) is 0 Å². The van der Waals surface area contributed by atoms with Gasteiger partial charge in [0.25, 0.3) is 0 Å². The third-order valence-electron chi connectivity index (χ3n) is 4.28. The highest BCUT2D eigenvalue weighted by atomic mass is 16.2. The number of aromatic nitrogens is 1. The van der Waals surface area contributed by atoms with Crippen molar-refractivity contribution in [2.45, 2.75) is 31.7 Å². The summed E-state index contributed by atoms with van der Waals surface area (Å²) >= 11 is 0. The SMILES string of the molecule is CNCCCCC(N)C(=O)N(C)CCc1c[nH]c2ccccc12. The van der Waals surface area contributed by atoms with E-state index in [1.54, 1.807) is 4.90 Å². The van der Waals surface area contributed by atoms with Crippen LogP contribution >= 0.6 is 0 Å². The summed E-state index contributed by atoms with van der Waals surface area (Å²) in [7, 11) is 3.77. The van der Waals surface area contributed by atoms with E-state index in [4.69, 9.17) is 5.73 Å². The molecule has 0 aliphatic carbocycles. The number of fused-ring (bicyclic) bond motifs is 1. The number of aromatic amines is 1. The molecule has 1 unspecified atom stereocenters. The smallest absolute Gasteiger partial charge is 0.239 e. The molecule has 1 atom stereocenters. The molecule has 5 nitrogen and oxygen atoms in total. The van der Waals surface area contributed by atoms with Gasteiger partial charge >= 0.3 is 0 Å². The highest BCUT2D eigenvalue weighted by molar-refractivity contribution is 5.83. The lowest BCUT2D eigenvalue weighted by molar-refractivity contribution is -0.131. The van der Waals surface area contributed by atoms with Gasteiger partial charge in [-0.25, -0.2) is 0 Å². The Morgan fingerprint density at radius 1 is 1.35 bits per heavy atom. The molecule has 2 rings (SSSR count). The summed E-state index contributed by atoms with van der Waals surface area (Å²) in [6.45, 7) is 1.65. The number of nitrogens with zero attached hydrogens (tertiary/aromatic N) is 1. The molecule has 0 saturated carbocycles. The molecule has 1 aromatic heterocycles. The molecule has 0 radical (unpaired) electrons. The zero-order valence-electron chi connectivity index (χ0n) is 14.1. The largest absolute Gasteiger partial charge is 0.361 e. The molecule has 0 spiro atoms. The lowest BCUT2D eigenvalue weighted by atomic mass is 10.1. The first-order valence-corrected chi connectivity index (χ1v) is 8.33. The number of hydrogen-bond donors (Lipinski definition) is 3. The second-order valence-corrected chi connectivity index (χ2v) is 6.08. The van der Waals surface area contributed by atoms with Gasteiger partial charge in [-0.2, -0.15) is 0 Å².